The van der Waals surface area contributed by atoms with E-state index in [-0.39, 0.29) is 27.9 Å². The van der Waals surface area contributed by atoms with Gasteiger partial charge >= 0.3 is 5.97 Å². The third-order valence-electron chi connectivity index (χ3n) is 3.47. The topological polar surface area (TPSA) is 81.8 Å². The molecule has 0 spiro atoms. The zero-order chi connectivity index (χ0) is 18.1. The normalized spacial score (nSPS) is 15.2. The van der Waals surface area contributed by atoms with Gasteiger partial charge in [-0.2, -0.15) is 0 Å². The summed E-state index contributed by atoms with van der Waals surface area (Å²) >= 11 is 12.0. The fourth-order valence-electron chi connectivity index (χ4n) is 2.28. The Balaban J connectivity index is 2.07. The van der Waals surface area contributed by atoms with Gasteiger partial charge in [-0.05, 0) is 36.3 Å². The van der Waals surface area contributed by atoms with Crippen LogP contribution in [0.15, 0.2) is 47.1 Å². The van der Waals surface area contributed by atoms with E-state index in [0.29, 0.717) is 10.6 Å². The largest absolute Gasteiger partial charge is 0.402 e. The molecule has 0 radical (unpaired) electrons. The van der Waals surface area contributed by atoms with Crippen molar-refractivity contribution in [1.29, 1.82) is 0 Å². The molecule has 2 aromatic carbocycles. The quantitative estimate of drug-likeness (QED) is 0.340. The summed E-state index contributed by atoms with van der Waals surface area (Å²) in [5, 5.41) is 11.8. The molecule has 1 aliphatic heterocycles. The molecular weight excluding hydrogens is 367 g/mol. The summed E-state index contributed by atoms with van der Waals surface area (Å²) in [5.74, 6) is -0.841. The molecule has 25 heavy (non-hydrogen) atoms. The van der Waals surface area contributed by atoms with E-state index in [4.69, 9.17) is 27.9 Å². The maximum atomic E-state index is 12.1. The Labute approximate surface area is 152 Å². The molecule has 0 aliphatic carbocycles. The number of esters is 1. The Morgan fingerprint density at radius 1 is 1.24 bits per heavy atom. The SMILES string of the molecule is Cc1ccc([N+](=O)[O-])c(C2=NC(=Cc3cccc(Cl)c3Cl)C(=O)O2)c1. The van der Waals surface area contributed by atoms with Gasteiger partial charge in [0, 0.05) is 6.07 Å². The van der Waals surface area contributed by atoms with Crippen LogP contribution in [0.4, 0.5) is 5.69 Å². The first-order chi connectivity index (χ1) is 11.9. The first kappa shape index (κ1) is 17.1. The van der Waals surface area contributed by atoms with Gasteiger partial charge in [-0.3, -0.25) is 10.1 Å². The number of rotatable bonds is 3. The van der Waals surface area contributed by atoms with Gasteiger partial charge in [0.05, 0.1) is 15.0 Å². The van der Waals surface area contributed by atoms with E-state index >= 15 is 0 Å². The van der Waals surface area contributed by atoms with E-state index < -0.39 is 10.9 Å². The lowest BCUT2D eigenvalue weighted by Gasteiger charge is -2.02. The van der Waals surface area contributed by atoms with Crippen LogP contribution in [0.5, 0.6) is 0 Å². The van der Waals surface area contributed by atoms with Crippen molar-refractivity contribution in [2.45, 2.75) is 6.92 Å². The molecule has 2 aromatic rings. The number of benzene rings is 2. The van der Waals surface area contributed by atoms with Crippen molar-refractivity contribution in [2.75, 3.05) is 0 Å². The number of halogens is 2. The van der Waals surface area contributed by atoms with Gasteiger partial charge in [-0.15, -0.1) is 0 Å². The highest BCUT2D eigenvalue weighted by molar-refractivity contribution is 6.43. The predicted molar refractivity (Wildman–Crippen MR) is 94.9 cm³/mol. The van der Waals surface area contributed by atoms with Crippen LogP contribution in [-0.2, 0) is 9.53 Å². The molecule has 0 aromatic heterocycles. The molecular formula is C17H10Cl2N2O4. The first-order valence-electron chi connectivity index (χ1n) is 7.09. The smallest absolute Gasteiger partial charge is 0.363 e. The molecule has 1 aliphatic rings. The van der Waals surface area contributed by atoms with E-state index in [1.165, 1.54) is 12.1 Å². The van der Waals surface area contributed by atoms with Crippen LogP contribution < -0.4 is 0 Å². The molecule has 6 nitrogen and oxygen atoms in total. The summed E-state index contributed by atoms with van der Waals surface area (Å²) < 4.78 is 5.11. The zero-order valence-corrected chi connectivity index (χ0v) is 14.3. The number of nitrogens with zero attached hydrogens (tertiary/aromatic N) is 2. The van der Waals surface area contributed by atoms with Crippen LogP contribution in [-0.4, -0.2) is 16.8 Å². The monoisotopic (exact) mass is 376 g/mol. The minimum absolute atomic E-state index is 0.0185. The molecule has 0 bridgehead atoms. The molecule has 1 heterocycles. The Morgan fingerprint density at radius 2 is 2.00 bits per heavy atom. The van der Waals surface area contributed by atoms with Gasteiger partial charge in [-0.1, -0.05) is 41.4 Å². The summed E-state index contributed by atoms with van der Waals surface area (Å²) in [7, 11) is 0. The number of nitro benzene ring substituents is 1. The highest BCUT2D eigenvalue weighted by Gasteiger charge is 2.29. The number of aliphatic imine (C=N–C) groups is 1. The second-order valence-corrected chi connectivity index (χ2v) is 6.04. The maximum Gasteiger partial charge on any atom is 0.363 e. The number of cyclic esters (lactones) is 1. The number of carbonyl (C=O) groups excluding carboxylic acids is 1. The lowest BCUT2D eigenvalue weighted by Crippen LogP contribution is -2.08. The Hall–Kier alpha value is -2.70. The first-order valence-corrected chi connectivity index (χ1v) is 7.84. The van der Waals surface area contributed by atoms with Crippen molar-refractivity contribution in [2.24, 2.45) is 4.99 Å². The summed E-state index contributed by atoms with van der Waals surface area (Å²) in [6.07, 6.45) is 1.42. The molecule has 0 saturated heterocycles. The van der Waals surface area contributed by atoms with Crippen LogP contribution in [0.2, 0.25) is 10.0 Å². The fourth-order valence-corrected chi connectivity index (χ4v) is 2.65. The molecule has 0 unspecified atom stereocenters. The van der Waals surface area contributed by atoms with Gasteiger partial charge in [-0.25, -0.2) is 9.79 Å². The average Bonchev–Trinajstić information content (AvgIpc) is 2.92. The third kappa shape index (κ3) is 3.40. The van der Waals surface area contributed by atoms with E-state index in [2.05, 4.69) is 4.99 Å². The molecule has 0 N–H and O–H groups in total. The second-order valence-electron chi connectivity index (χ2n) is 5.26. The van der Waals surface area contributed by atoms with E-state index in [0.717, 1.165) is 5.56 Å². The Morgan fingerprint density at radius 3 is 2.72 bits per heavy atom. The molecule has 0 saturated carbocycles. The third-order valence-corrected chi connectivity index (χ3v) is 4.31. The maximum absolute atomic E-state index is 12.1. The zero-order valence-electron chi connectivity index (χ0n) is 12.8. The van der Waals surface area contributed by atoms with Gasteiger partial charge in [0.25, 0.3) is 5.69 Å². The molecule has 0 atom stereocenters. The standard InChI is InChI=1S/C17H10Cl2N2O4/c1-9-5-6-14(21(23)24)11(7-9)16-20-13(17(22)25-16)8-10-3-2-4-12(18)15(10)19/h2-8H,1H3. The molecule has 0 fully saturated rings. The van der Waals surface area contributed by atoms with Crippen molar-refractivity contribution in [3.8, 4) is 0 Å². The Bertz CT molecular complexity index is 967. The summed E-state index contributed by atoms with van der Waals surface area (Å²) in [5.41, 5.74) is 1.19. The van der Waals surface area contributed by atoms with Gasteiger partial charge in [0.15, 0.2) is 5.70 Å². The van der Waals surface area contributed by atoms with Crippen molar-refractivity contribution in [1.82, 2.24) is 0 Å². The number of hydrogen-bond donors (Lipinski definition) is 0. The van der Waals surface area contributed by atoms with Crippen molar-refractivity contribution in [3.05, 3.63) is 78.9 Å². The Kier molecular flexibility index (Phi) is 4.57. The van der Waals surface area contributed by atoms with E-state index in [1.807, 2.05) is 0 Å². The van der Waals surface area contributed by atoms with Gasteiger partial charge in [0.2, 0.25) is 5.90 Å². The van der Waals surface area contributed by atoms with Crippen LogP contribution in [0.1, 0.15) is 16.7 Å². The van der Waals surface area contributed by atoms with Gasteiger partial charge < -0.3 is 4.74 Å². The lowest BCUT2D eigenvalue weighted by atomic mass is 10.1. The van der Waals surface area contributed by atoms with Crippen LogP contribution in [0.25, 0.3) is 6.08 Å². The number of hydrogen-bond acceptors (Lipinski definition) is 5. The fraction of sp³-hybridized carbons (Fsp3) is 0.0588. The highest BCUT2D eigenvalue weighted by atomic mass is 35.5. The van der Waals surface area contributed by atoms with Gasteiger partial charge in [0.1, 0.15) is 5.56 Å². The summed E-state index contributed by atoms with van der Waals surface area (Å²) in [4.78, 5) is 26.8. The second kappa shape index (κ2) is 6.66. The number of nitro groups is 1. The minimum Gasteiger partial charge on any atom is -0.402 e. The lowest BCUT2D eigenvalue weighted by molar-refractivity contribution is -0.385. The van der Waals surface area contributed by atoms with Crippen molar-refractivity contribution < 1.29 is 14.5 Å². The van der Waals surface area contributed by atoms with E-state index in [1.54, 1.807) is 37.3 Å². The number of aryl methyl sites for hydroxylation is 1. The number of ether oxygens (including phenoxy) is 1. The summed E-state index contributed by atoms with van der Waals surface area (Å²) in [6.45, 7) is 1.77. The average molecular weight is 377 g/mol. The van der Waals surface area contributed by atoms with Crippen molar-refractivity contribution in [3.63, 3.8) is 0 Å². The van der Waals surface area contributed by atoms with Crippen molar-refractivity contribution >= 4 is 46.8 Å². The molecule has 3 rings (SSSR count). The van der Waals surface area contributed by atoms with Crippen LogP contribution in [0, 0.1) is 17.0 Å². The molecule has 126 valence electrons. The minimum atomic E-state index is -0.721. The molecule has 8 heteroatoms. The number of carbonyl (C=O) groups is 1. The van der Waals surface area contributed by atoms with Crippen LogP contribution in [0.3, 0.4) is 0 Å². The summed E-state index contributed by atoms with van der Waals surface area (Å²) in [6, 6.07) is 9.44. The van der Waals surface area contributed by atoms with E-state index in [9.17, 15) is 14.9 Å². The van der Waals surface area contributed by atoms with Crippen LogP contribution >= 0.6 is 23.2 Å². The molecule has 0 amide bonds. The predicted octanol–water partition coefficient (Wildman–Crippen LogP) is 4.55. The highest BCUT2D eigenvalue weighted by Crippen LogP contribution is 2.30.